The smallest absolute Gasteiger partial charge is 0.357 e. The summed E-state index contributed by atoms with van der Waals surface area (Å²) in [7, 11) is 0. The number of amides is 1. The fourth-order valence-electron chi connectivity index (χ4n) is 3.55. The van der Waals surface area contributed by atoms with Crippen LogP contribution < -0.4 is 5.32 Å². The topological polar surface area (TPSA) is 73.2 Å². The summed E-state index contributed by atoms with van der Waals surface area (Å²) in [6.45, 7) is 3.77. The number of benzene rings is 1. The lowest BCUT2D eigenvalue weighted by molar-refractivity contribution is -0.130. The number of aromatic nitrogens is 2. The lowest BCUT2D eigenvalue weighted by Gasteiger charge is -2.30. The van der Waals surface area contributed by atoms with Crippen LogP contribution in [-0.2, 0) is 9.53 Å². The Morgan fingerprint density at radius 1 is 1.25 bits per heavy atom. The number of nitrogens with one attached hydrogen (secondary N) is 1. The van der Waals surface area contributed by atoms with E-state index < -0.39 is 12.1 Å². The number of esters is 1. The molecule has 0 radical (unpaired) electrons. The Balaban J connectivity index is 1.71. The number of imidazole rings is 1. The zero-order valence-electron chi connectivity index (χ0n) is 16.6. The number of rotatable bonds is 6. The standard InChI is InChI=1S/C21H27N3O3S/c1-14-9-7-8-12-17(14)23-19(25)15(2)27-20(26)18-13-22-21(28-3)24(18)16-10-5-4-6-11-16/h4-6,10-11,13-15,17H,7-9,12H2,1-3H3,(H,23,25)/t14-,15-,17-/m1/s1. The van der Waals surface area contributed by atoms with Gasteiger partial charge in [0.05, 0.1) is 6.20 Å². The Kier molecular flexibility index (Phi) is 6.78. The fourth-order valence-corrected chi connectivity index (χ4v) is 4.10. The van der Waals surface area contributed by atoms with Gasteiger partial charge in [-0.3, -0.25) is 9.36 Å². The van der Waals surface area contributed by atoms with Crippen LogP contribution in [0.3, 0.4) is 0 Å². The average molecular weight is 402 g/mol. The van der Waals surface area contributed by atoms with Gasteiger partial charge in [-0.2, -0.15) is 0 Å². The average Bonchev–Trinajstić information content (AvgIpc) is 3.14. The quantitative estimate of drug-likeness (QED) is 0.588. The molecule has 1 amide bonds. The van der Waals surface area contributed by atoms with Crippen molar-refractivity contribution in [3.8, 4) is 5.69 Å². The molecule has 28 heavy (non-hydrogen) atoms. The summed E-state index contributed by atoms with van der Waals surface area (Å²) in [4.78, 5) is 29.6. The van der Waals surface area contributed by atoms with Crippen molar-refractivity contribution in [3.05, 3.63) is 42.2 Å². The van der Waals surface area contributed by atoms with E-state index in [0.717, 1.165) is 24.9 Å². The predicted octanol–water partition coefficient (Wildman–Crippen LogP) is 3.83. The van der Waals surface area contributed by atoms with Crippen molar-refractivity contribution in [2.45, 2.75) is 56.8 Å². The molecule has 1 heterocycles. The highest BCUT2D eigenvalue weighted by Gasteiger charge is 2.28. The molecule has 0 unspecified atom stereocenters. The molecule has 7 heteroatoms. The van der Waals surface area contributed by atoms with Gasteiger partial charge in [0.1, 0.15) is 0 Å². The summed E-state index contributed by atoms with van der Waals surface area (Å²) < 4.78 is 7.22. The predicted molar refractivity (Wildman–Crippen MR) is 110 cm³/mol. The molecule has 150 valence electrons. The Hall–Kier alpha value is -2.28. The lowest BCUT2D eigenvalue weighted by Crippen LogP contribution is -2.46. The van der Waals surface area contributed by atoms with Crippen LogP contribution in [0.4, 0.5) is 0 Å². The van der Waals surface area contributed by atoms with Crippen LogP contribution in [0.1, 0.15) is 50.0 Å². The van der Waals surface area contributed by atoms with Crippen LogP contribution >= 0.6 is 11.8 Å². The van der Waals surface area contributed by atoms with Crippen molar-refractivity contribution in [3.63, 3.8) is 0 Å². The first-order valence-corrected chi connectivity index (χ1v) is 10.9. The third kappa shape index (κ3) is 4.58. The van der Waals surface area contributed by atoms with Gasteiger partial charge < -0.3 is 10.1 Å². The molecule has 2 aromatic rings. The molecule has 1 saturated carbocycles. The number of ether oxygens (including phenoxy) is 1. The SMILES string of the molecule is CSc1ncc(C(=O)O[C@H](C)C(=O)N[C@@H]2CCCC[C@H]2C)n1-c1ccccc1. The molecule has 1 fully saturated rings. The molecule has 1 aliphatic rings. The Morgan fingerprint density at radius 2 is 1.96 bits per heavy atom. The second-order valence-electron chi connectivity index (χ2n) is 7.23. The van der Waals surface area contributed by atoms with Gasteiger partial charge in [0.15, 0.2) is 17.0 Å². The molecular weight excluding hydrogens is 374 g/mol. The van der Waals surface area contributed by atoms with Crippen molar-refractivity contribution in [1.29, 1.82) is 0 Å². The van der Waals surface area contributed by atoms with Crippen molar-refractivity contribution in [1.82, 2.24) is 14.9 Å². The minimum absolute atomic E-state index is 0.153. The molecule has 1 aromatic heterocycles. The fraction of sp³-hybridized carbons (Fsp3) is 0.476. The molecule has 1 aromatic carbocycles. The highest BCUT2D eigenvalue weighted by molar-refractivity contribution is 7.98. The Morgan fingerprint density at radius 3 is 2.64 bits per heavy atom. The van der Waals surface area contributed by atoms with Gasteiger partial charge in [0, 0.05) is 11.7 Å². The van der Waals surface area contributed by atoms with Gasteiger partial charge in [-0.15, -0.1) is 0 Å². The number of hydrogen-bond donors (Lipinski definition) is 1. The summed E-state index contributed by atoms with van der Waals surface area (Å²) in [5.41, 5.74) is 1.13. The molecule has 3 atom stereocenters. The van der Waals surface area contributed by atoms with E-state index >= 15 is 0 Å². The van der Waals surface area contributed by atoms with Crippen molar-refractivity contribution >= 4 is 23.6 Å². The van der Waals surface area contributed by atoms with E-state index in [9.17, 15) is 9.59 Å². The number of thioether (sulfide) groups is 1. The second-order valence-corrected chi connectivity index (χ2v) is 8.00. The number of carbonyl (C=O) groups is 2. The van der Waals surface area contributed by atoms with Crippen molar-refractivity contribution in [2.24, 2.45) is 5.92 Å². The van der Waals surface area contributed by atoms with E-state index in [1.54, 1.807) is 11.5 Å². The van der Waals surface area contributed by atoms with Crippen LogP contribution in [0.5, 0.6) is 0 Å². The van der Waals surface area contributed by atoms with E-state index in [1.165, 1.54) is 24.4 Å². The number of nitrogens with zero attached hydrogens (tertiary/aromatic N) is 2. The zero-order chi connectivity index (χ0) is 20.1. The minimum atomic E-state index is -0.863. The van der Waals surface area contributed by atoms with E-state index in [0.29, 0.717) is 16.8 Å². The number of hydrogen-bond acceptors (Lipinski definition) is 5. The van der Waals surface area contributed by atoms with Gasteiger partial charge in [-0.05, 0) is 44.1 Å². The van der Waals surface area contributed by atoms with Gasteiger partial charge >= 0.3 is 5.97 Å². The largest absolute Gasteiger partial charge is 0.448 e. The number of carbonyl (C=O) groups excluding carboxylic acids is 2. The first-order chi connectivity index (χ1) is 13.5. The van der Waals surface area contributed by atoms with Gasteiger partial charge in [0.25, 0.3) is 5.91 Å². The summed E-state index contributed by atoms with van der Waals surface area (Å²) in [5, 5.41) is 3.73. The first kappa shape index (κ1) is 20.5. The van der Waals surface area contributed by atoms with Crippen molar-refractivity contribution in [2.75, 3.05) is 6.26 Å². The molecule has 0 aliphatic heterocycles. The lowest BCUT2D eigenvalue weighted by atomic mass is 9.86. The highest BCUT2D eigenvalue weighted by atomic mass is 32.2. The van der Waals surface area contributed by atoms with Crippen molar-refractivity contribution < 1.29 is 14.3 Å². The molecule has 3 rings (SSSR count). The monoisotopic (exact) mass is 401 g/mol. The molecule has 0 saturated heterocycles. The number of para-hydroxylation sites is 1. The van der Waals surface area contributed by atoms with Gasteiger partial charge in [0.2, 0.25) is 0 Å². The summed E-state index contributed by atoms with van der Waals surface area (Å²) in [6.07, 6.45) is 6.96. The summed E-state index contributed by atoms with van der Waals surface area (Å²) >= 11 is 1.44. The molecule has 1 aliphatic carbocycles. The maximum absolute atomic E-state index is 12.8. The zero-order valence-corrected chi connectivity index (χ0v) is 17.4. The second kappa shape index (κ2) is 9.28. The van der Waals surface area contributed by atoms with E-state index in [2.05, 4.69) is 17.2 Å². The molecule has 6 nitrogen and oxygen atoms in total. The molecule has 1 N–H and O–H groups in total. The summed E-state index contributed by atoms with van der Waals surface area (Å²) in [6, 6.07) is 9.67. The summed E-state index contributed by atoms with van der Waals surface area (Å²) in [5.74, 6) is -0.358. The minimum Gasteiger partial charge on any atom is -0.448 e. The van der Waals surface area contributed by atoms with Gasteiger partial charge in [-0.1, -0.05) is 49.7 Å². The molecular formula is C21H27N3O3S. The maximum atomic E-state index is 12.8. The molecule has 0 bridgehead atoms. The Bertz CT molecular complexity index is 822. The van der Waals surface area contributed by atoms with E-state index in [-0.39, 0.29) is 11.9 Å². The Labute approximate surface area is 170 Å². The van der Waals surface area contributed by atoms with Crippen LogP contribution in [-0.4, -0.2) is 39.8 Å². The van der Waals surface area contributed by atoms with Crippen LogP contribution in [0.2, 0.25) is 0 Å². The van der Waals surface area contributed by atoms with E-state index in [1.807, 2.05) is 36.6 Å². The first-order valence-electron chi connectivity index (χ1n) is 9.69. The third-order valence-electron chi connectivity index (χ3n) is 5.23. The maximum Gasteiger partial charge on any atom is 0.357 e. The van der Waals surface area contributed by atoms with Crippen LogP contribution in [0, 0.1) is 5.92 Å². The molecule has 0 spiro atoms. The highest BCUT2D eigenvalue weighted by Crippen LogP contribution is 2.24. The van der Waals surface area contributed by atoms with E-state index in [4.69, 9.17) is 4.74 Å². The normalized spacial score (nSPS) is 20.4. The van der Waals surface area contributed by atoms with Crippen LogP contribution in [0.15, 0.2) is 41.7 Å². The van der Waals surface area contributed by atoms with Crippen LogP contribution in [0.25, 0.3) is 5.69 Å². The third-order valence-corrected chi connectivity index (χ3v) is 5.88. The van der Waals surface area contributed by atoms with Gasteiger partial charge in [-0.25, -0.2) is 9.78 Å².